The monoisotopic (exact) mass is 396 g/mol. The summed E-state index contributed by atoms with van der Waals surface area (Å²) in [6.45, 7) is 0.246. The second kappa shape index (κ2) is 7.57. The Balaban J connectivity index is 1.74. The molecule has 1 aliphatic carbocycles. The Hall–Kier alpha value is -2.22. The number of hydrogen-bond donors (Lipinski definition) is 3. The summed E-state index contributed by atoms with van der Waals surface area (Å²) in [6, 6.07) is 6.15. The fourth-order valence-corrected chi connectivity index (χ4v) is 3.09. The highest BCUT2D eigenvalue weighted by atomic mass is 35.5. The number of nitrogens with two attached hydrogens (primary N) is 1. The lowest BCUT2D eigenvalue weighted by atomic mass is 10.1. The van der Waals surface area contributed by atoms with Crippen LogP contribution in [0.1, 0.15) is 22.3 Å². The minimum Gasteiger partial charge on any atom is -0.326 e. The number of pyridine rings is 1. The minimum absolute atomic E-state index is 0.117. The van der Waals surface area contributed by atoms with Crippen LogP contribution in [0.25, 0.3) is 0 Å². The Labute approximate surface area is 158 Å². The van der Waals surface area contributed by atoms with Crippen molar-refractivity contribution in [2.45, 2.75) is 19.1 Å². The van der Waals surface area contributed by atoms with Crippen molar-refractivity contribution in [1.82, 2.24) is 4.98 Å². The molecule has 1 heterocycles. The Morgan fingerprint density at radius 3 is 2.46 bits per heavy atom. The lowest BCUT2D eigenvalue weighted by Gasteiger charge is -2.11. The topological polar surface area (TPSA) is 97.1 Å². The fourth-order valence-electron chi connectivity index (χ4n) is 2.38. The van der Waals surface area contributed by atoms with Gasteiger partial charge in [-0.15, -0.1) is 0 Å². The van der Waals surface area contributed by atoms with Crippen LogP contribution in [0.15, 0.2) is 30.5 Å². The standard InChI is InChI=1S/C17H15Cl2FN4O2/c18-11-3-8(7-21)4-12(19)15(11)17(26)23-9-1-2-22-14(5-9)24-16(25)10-6-13(10)20/h1-5,10,13H,6-7,21H2,(H2,22,23,24,25,26)/t10-,13-/m0/s1. The maximum Gasteiger partial charge on any atom is 0.258 e. The Morgan fingerprint density at radius 1 is 1.23 bits per heavy atom. The van der Waals surface area contributed by atoms with Crippen molar-refractivity contribution >= 4 is 46.5 Å². The average Bonchev–Trinajstić information content (AvgIpc) is 3.31. The van der Waals surface area contributed by atoms with Gasteiger partial charge in [0.1, 0.15) is 12.0 Å². The van der Waals surface area contributed by atoms with Crippen molar-refractivity contribution in [2.24, 2.45) is 11.7 Å². The number of aromatic nitrogens is 1. The molecule has 1 aromatic carbocycles. The maximum atomic E-state index is 12.9. The van der Waals surface area contributed by atoms with Gasteiger partial charge < -0.3 is 16.4 Å². The molecule has 0 radical (unpaired) electrons. The van der Waals surface area contributed by atoms with Gasteiger partial charge in [0.15, 0.2) is 0 Å². The van der Waals surface area contributed by atoms with E-state index in [9.17, 15) is 14.0 Å². The van der Waals surface area contributed by atoms with E-state index < -0.39 is 23.9 Å². The van der Waals surface area contributed by atoms with Crippen LogP contribution >= 0.6 is 23.2 Å². The van der Waals surface area contributed by atoms with Gasteiger partial charge >= 0.3 is 0 Å². The van der Waals surface area contributed by atoms with Crippen molar-refractivity contribution in [1.29, 1.82) is 0 Å². The number of anilines is 2. The van der Waals surface area contributed by atoms with Gasteiger partial charge in [0.05, 0.1) is 21.5 Å². The molecule has 2 aromatic rings. The van der Waals surface area contributed by atoms with Crippen LogP contribution in [-0.2, 0) is 11.3 Å². The van der Waals surface area contributed by atoms with E-state index in [0.29, 0.717) is 11.3 Å². The molecule has 0 spiro atoms. The van der Waals surface area contributed by atoms with Crippen LogP contribution in [0.5, 0.6) is 0 Å². The second-order valence-electron chi connectivity index (χ2n) is 5.87. The van der Waals surface area contributed by atoms with Crippen LogP contribution in [0.4, 0.5) is 15.9 Å². The van der Waals surface area contributed by atoms with E-state index in [1.807, 2.05) is 0 Å². The van der Waals surface area contributed by atoms with Gasteiger partial charge in [-0.3, -0.25) is 9.59 Å². The molecule has 26 heavy (non-hydrogen) atoms. The summed E-state index contributed by atoms with van der Waals surface area (Å²) in [5.41, 5.74) is 6.75. The van der Waals surface area contributed by atoms with Gasteiger partial charge in [0.25, 0.3) is 5.91 Å². The normalized spacial score (nSPS) is 18.3. The van der Waals surface area contributed by atoms with Gasteiger partial charge in [-0.25, -0.2) is 9.37 Å². The third kappa shape index (κ3) is 4.12. The summed E-state index contributed by atoms with van der Waals surface area (Å²) in [7, 11) is 0. The first-order chi connectivity index (χ1) is 12.4. The third-order valence-electron chi connectivity index (χ3n) is 3.88. The molecule has 0 saturated heterocycles. The lowest BCUT2D eigenvalue weighted by molar-refractivity contribution is -0.117. The number of benzene rings is 1. The summed E-state index contributed by atoms with van der Waals surface area (Å²) in [5, 5.41) is 5.52. The van der Waals surface area contributed by atoms with E-state index in [-0.39, 0.29) is 34.4 Å². The molecule has 1 fully saturated rings. The number of hydrogen-bond acceptors (Lipinski definition) is 4. The van der Waals surface area contributed by atoms with Crippen LogP contribution < -0.4 is 16.4 Å². The Bertz CT molecular complexity index is 855. The minimum atomic E-state index is -1.10. The van der Waals surface area contributed by atoms with Crippen molar-refractivity contribution < 1.29 is 14.0 Å². The zero-order valence-electron chi connectivity index (χ0n) is 13.4. The molecule has 1 saturated carbocycles. The van der Waals surface area contributed by atoms with E-state index in [4.69, 9.17) is 28.9 Å². The maximum absolute atomic E-state index is 12.9. The number of nitrogens with zero attached hydrogens (tertiary/aromatic N) is 1. The average molecular weight is 397 g/mol. The molecule has 136 valence electrons. The molecular formula is C17H15Cl2FN4O2. The summed E-state index contributed by atoms with van der Waals surface area (Å²) in [6.07, 6.45) is 0.530. The first-order valence-corrected chi connectivity index (χ1v) is 8.55. The van der Waals surface area contributed by atoms with Gasteiger partial charge in [0.2, 0.25) is 5.91 Å². The number of nitrogens with one attached hydrogen (secondary N) is 2. The number of halogens is 3. The van der Waals surface area contributed by atoms with E-state index in [2.05, 4.69) is 15.6 Å². The van der Waals surface area contributed by atoms with Crippen LogP contribution in [0, 0.1) is 5.92 Å². The fraction of sp³-hybridized carbons (Fsp3) is 0.235. The summed E-state index contributed by atoms with van der Waals surface area (Å²) < 4.78 is 12.9. The quantitative estimate of drug-likeness (QED) is 0.721. The molecule has 1 aromatic heterocycles. The van der Waals surface area contributed by atoms with Crippen LogP contribution in [0.2, 0.25) is 10.0 Å². The second-order valence-corrected chi connectivity index (χ2v) is 6.68. The highest BCUT2D eigenvalue weighted by molar-refractivity contribution is 6.40. The van der Waals surface area contributed by atoms with Crippen molar-refractivity contribution in [3.63, 3.8) is 0 Å². The highest BCUT2D eigenvalue weighted by Crippen LogP contribution is 2.34. The molecule has 6 nitrogen and oxygen atoms in total. The highest BCUT2D eigenvalue weighted by Gasteiger charge is 2.43. The van der Waals surface area contributed by atoms with Crippen molar-refractivity contribution in [3.8, 4) is 0 Å². The zero-order valence-corrected chi connectivity index (χ0v) is 14.9. The van der Waals surface area contributed by atoms with Crippen molar-refractivity contribution in [2.75, 3.05) is 10.6 Å². The molecular weight excluding hydrogens is 382 g/mol. The van der Waals surface area contributed by atoms with Gasteiger partial charge in [-0.05, 0) is 30.2 Å². The van der Waals surface area contributed by atoms with Gasteiger partial charge in [0, 0.05) is 24.5 Å². The molecule has 1 aliphatic rings. The molecule has 2 atom stereocenters. The predicted molar refractivity (Wildman–Crippen MR) is 98.2 cm³/mol. The number of rotatable bonds is 5. The van der Waals surface area contributed by atoms with Crippen LogP contribution in [0.3, 0.4) is 0 Å². The lowest BCUT2D eigenvalue weighted by Crippen LogP contribution is -2.17. The smallest absolute Gasteiger partial charge is 0.258 e. The Morgan fingerprint density at radius 2 is 1.88 bits per heavy atom. The van der Waals surface area contributed by atoms with E-state index in [0.717, 1.165) is 0 Å². The molecule has 4 N–H and O–H groups in total. The van der Waals surface area contributed by atoms with E-state index in [1.165, 1.54) is 12.3 Å². The predicted octanol–water partition coefficient (Wildman–Crippen LogP) is 3.40. The van der Waals surface area contributed by atoms with Gasteiger partial charge in [-0.1, -0.05) is 23.2 Å². The zero-order chi connectivity index (χ0) is 18.8. The number of alkyl halides is 1. The van der Waals surface area contributed by atoms with E-state index >= 15 is 0 Å². The number of carbonyl (C=O) groups excluding carboxylic acids is 2. The summed E-state index contributed by atoms with van der Waals surface area (Å²) in [5.74, 6) is -1.37. The molecule has 3 rings (SSSR count). The number of amides is 2. The van der Waals surface area contributed by atoms with Crippen LogP contribution in [-0.4, -0.2) is 23.0 Å². The third-order valence-corrected chi connectivity index (χ3v) is 4.48. The molecule has 0 unspecified atom stereocenters. The van der Waals surface area contributed by atoms with Gasteiger partial charge in [-0.2, -0.15) is 0 Å². The number of carbonyl (C=O) groups is 2. The molecule has 0 bridgehead atoms. The van der Waals surface area contributed by atoms with Crippen molar-refractivity contribution in [3.05, 3.63) is 51.6 Å². The first kappa shape index (κ1) is 18.6. The SMILES string of the molecule is NCc1cc(Cl)c(C(=O)Nc2ccnc(NC(=O)[C@H]3C[C@@H]3F)c2)c(Cl)c1. The Kier molecular flexibility index (Phi) is 5.41. The largest absolute Gasteiger partial charge is 0.326 e. The molecule has 2 amide bonds. The first-order valence-electron chi connectivity index (χ1n) is 7.79. The summed E-state index contributed by atoms with van der Waals surface area (Å²) >= 11 is 12.2. The molecule has 9 heteroatoms. The van der Waals surface area contributed by atoms with E-state index in [1.54, 1.807) is 18.2 Å². The molecule has 0 aliphatic heterocycles. The summed E-state index contributed by atoms with van der Waals surface area (Å²) in [4.78, 5) is 28.2.